The average molecular weight is 432 g/mol. The Morgan fingerprint density at radius 2 is 1.75 bits per heavy atom. The van der Waals surface area contributed by atoms with Crippen LogP contribution in [0.2, 0.25) is 0 Å². The number of ether oxygens (including phenoxy) is 1. The molecule has 3 aromatic rings. The summed E-state index contributed by atoms with van der Waals surface area (Å²) in [5.41, 5.74) is 4.58. The summed E-state index contributed by atoms with van der Waals surface area (Å²) in [6.45, 7) is 0.602. The van der Waals surface area contributed by atoms with Crippen molar-refractivity contribution in [3.05, 3.63) is 71.8 Å². The topological polar surface area (TPSA) is 97.5 Å². The summed E-state index contributed by atoms with van der Waals surface area (Å²) in [5.74, 6) is -1.31. The van der Waals surface area contributed by atoms with Crippen molar-refractivity contribution >= 4 is 12.1 Å². The minimum Gasteiger partial charge on any atom is -0.481 e. The smallest absolute Gasteiger partial charge is 0.410 e. The number of fused-ring (bicyclic) bond motifs is 3. The lowest BCUT2D eigenvalue weighted by Crippen LogP contribution is -2.46. The maximum atomic E-state index is 13.2. The summed E-state index contributed by atoms with van der Waals surface area (Å²) in [7, 11) is 1.75. The van der Waals surface area contributed by atoms with E-state index in [4.69, 9.17) is 4.74 Å². The summed E-state index contributed by atoms with van der Waals surface area (Å²) in [6.07, 6.45) is 2.06. The van der Waals surface area contributed by atoms with E-state index in [0.717, 1.165) is 22.3 Å². The van der Waals surface area contributed by atoms with Crippen LogP contribution in [-0.2, 0) is 16.6 Å². The van der Waals surface area contributed by atoms with Crippen LogP contribution in [0.25, 0.3) is 11.1 Å². The molecule has 164 valence electrons. The van der Waals surface area contributed by atoms with Crippen LogP contribution in [0.5, 0.6) is 0 Å². The van der Waals surface area contributed by atoms with E-state index in [2.05, 4.69) is 34.5 Å². The molecule has 1 aliphatic heterocycles. The van der Waals surface area contributed by atoms with Crippen LogP contribution in [-0.4, -0.2) is 50.0 Å². The highest BCUT2D eigenvalue weighted by atomic mass is 16.6. The van der Waals surface area contributed by atoms with Crippen LogP contribution in [0, 0.1) is 5.92 Å². The van der Waals surface area contributed by atoms with Gasteiger partial charge in [-0.05, 0) is 35.1 Å². The highest BCUT2D eigenvalue weighted by molar-refractivity contribution is 5.79. The first-order chi connectivity index (χ1) is 15.6. The Balaban J connectivity index is 1.40. The number of likely N-dealkylation sites (tertiary alicyclic amines) is 1. The number of nitrogens with zero attached hydrogens (tertiary/aromatic N) is 4. The molecule has 1 amide bonds. The Kier molecular flexibility index (Phi) is 5.13. The molecule has 32 heavy (non-hydrogen) atoms. The van der Waals surface area contributed by atoms with E-state index in [-0.39, 0.29) is 12.5 Å². The number of carboxylic acid groups (broad SMARTS) is 1. The molecule has 2 aliphatic rings. The standard InChI is InChI=1S/C24H24N4O4/c1-27-14-25-26-22(27)21-19(23(29)30)11-6-12-28(21)24(31)32-13-20-17-9-4-2-7-15(17)16-8-3-5-10-18(16)20/h2-5,7-10,14,19-21H,6,11-13H2,1H3,(H,29,30). The predicted octanol–water partition coefficient (Wildman–Crippen LogP) is 3.60. The molecule has 0 spiro atoms. The number of rotatable bonds is 4. The van der Waals surface area contributed by atoms with Crippen LogP contribution in [0.1, 0.15) is 41.8 Å². The van der Waals surface area contributed by atoms with Gasteiger partial charge in [0.15, 0.2) is 5.82 Å². The zero-order chi connectivity index (χ0) is 22.2. The summed E-state index contributed by atoms with van der Waals surface area (Å²) < 4.78 is 7.47. The van der Waals surface area contributed by atoms with Crippen molar-refractivity contribution in [2.24, 2.45) is 13.0 Å². The highest BCUT2D eigenvalue weighted by Crippen LogP contribution is 2.44. The Bertz CT molecular complexity index is 1130. The van der Waals surface area contributed by atoms with Gasteiger partial charge in [-0.2, -0.15) is 0 Å². The number of aromatic nitrogens is 3. The fourth-order valence-corrected chi connectivity index (χ4v) is 5.02. The Labute approximate surface area is 185 Å². The number of carbonyl (C=O) groups is 2. The summed E-state index contributed by atoms with van der Waals surface area (Å²) in [4.78, 5) is 26.7. The van der Waals surface area contributed by atoms with Gasteiger partial charge in [-0.3, -0.25) is 9.69 Å². The molecule has 1 aromatic heterocycles. The summed E-state index contributed by atoms with van der Waals surface area (Å²) in [6, 6.07) is 15.6. The molecule has 0 bridgehead atoms. The molecule has 0 radical (unpaired) electrons. The minimum absolute atomic E-state index is 0.0558. The van der Waals surface area contributed by atoms with E-state index in [1.54, 1.807) is 11.6 Å². The van der Waals surface area contributed by atoms with Gasteiger partial charge >= 0.3 is 12.1 Å². The molecular formula is C24H24N4O4. The number of carboxylic acids is 1. The fourth-order valence-electron chi connectivity index (χ4n) is 5.02. The quantitative estimate of drug-likeness (QED) is 0.677. The van der Waals surface area contributed by atoms with E-state index < -0.39 is 24.0 Å². The highest BCUT2D eigenvalue weighted by Gasteiger charge is 2.43. The number of piperidine rings is 1. The lowest BCUT2D eigenvalue weighted by molar-refractivity contribution is -0.146. The van der Waals surface area contributed by atoms with Crippen molar-refractivity contribution in [1.82, 2.24) is 19.7 Å². The van der Waals surface area contributed by atoms with Crippen LogP contribution < -0.4 is 0 Å². The summed E-state index contributed by atoms with van der Waals surface area (Å²) >= 11 is 0. The monoisotopic (exact) mass is 432 g/mol. The Morgan fingerprint density at radius 1 is 1.09 bits per heavy atom. The van der Waals surface area contributed by atoms with Gasteiger partial charge in [0.25, 0.3) is 0 Å². The number of aliphatic carboxylic acids is 1. The normalized spacial score (nSPS) is 20.0. The van der Waals surface area contributed by atoms with E-state index in [1.807, 2.05) is 24.3 Å². The first-order valence-corrected chi connectivity index (χ1v) is 10.7. The molecule has 8 nitrogen and oxygen atoms in total. The molecule has 1 fully saturated rings. The van der Waals surface area contributed by atoms with Gasteiger partial charge in [0.2, 0.25) is 0 Å². The molecule has 5 rings (SSSR count). The van der Waals surface area contributed by atoms with Crippen molar-refractivity contribution in [3.63, 3.8) is 0 Å². The SMILES string of the molecule is Cn1cnnc1C1C(C(=O)O)CCCN1C(=O)OCC1c2ccccc2-c2ccccc21. The van der Waals surface area contributed by atoms with Gasteiger partial charge in [0, 0.05) is 19.5 Å². The second kappa shape index (κ2) is 8.11. The van der Waals surface area contributed by atoms with Crippen LogP contribution in [0.3, 0.4) is 0 Å². The van der Waals surface area contributed by atoms with Crippen LogP contribution >= 0.6 is 0 Å². The zero-order valence-corrected chi connectivity index (χ0v) is 17.7. The van der Waals surface area contributed by atoms with Crippen LogP contribution in [0.15, 0.2) is 54.9 Å². The average Bonchev–Trinajstić information content (AvgIpc) is 3.38. The van der Waals surface area contributed by atoms with E-state index in [1.165, 1.54) is 11.2 Å². The van der Waals surface area contributed by atoms with E-state index in [9.17, 15) is 14.7 Å². The maximum Gasteiger partial charge on any atom is 0.410 e. The predicted molar refractivity (Wildman–Crippen MR) is 116 cm³/mol. The third-order valence-electron chi connectivity index (χ3n) is 6.53. The van der Waals surface area contributed by atoms with Gasteiger partial charge in [0.1, 0.15) is 19.0 Å². The second-order valence-corrected chi connectivity index (χ2v) is 8.33. The van der Waals surface area contributed by atoms with Crippen molar-refractivity contribution in [1.29, 1.82) is 0 Å². The lowest BCUT2D eigenvalue weighted by atomic mass is 9.88. The molecule has 1 N–H and O–H groups in total. The van der Waals surface area contributed by atoms with Gasteiger partial charge in [-0.1, -0.05) is 48.5 Å². The Morgan fingerprint density at radius 3 is 2.34 bits per heavy atom. The number of aryl methyl sites for hydroxylation is 1. The summed E-state index contributed by atoms with van der Waals surface area (Å²) in [5, 5.41) is 17.8. The molecule has 1 saturated heterocycles. The minimum atomic E-state index is -0.950. The second-order valence-electron chi connectivity index (χ2n) is 8.33. The fraction of sp³-hybridized carbons (Fsp3) is 0.333. The first kappa shape index (κ1) is 20.2. The molecule has 2 heterocycles. The zero-order valence-electron chi connectivity index (χ0n) is 17.7. The molecule has 0 saturated carbocycles. The van der Waals surface area contributed by atoms with Gasteiger partial charge in [0.05, 0.1) is 5.92 Å². The van der Waals surface area contributed by atoms with Crippen molar-refractivity contribution in [3.8, 4) is 11.1 Å². The number of amides is 1. The number of carbonyl (C=O) groups excluding carboxylic acids is 1. The number of hydrogen-bond donors (Lipinski definition) is 1. The molecule has 2 atom stereocenters. The molecule has 1 aliphatic carbocycles. The van der Waals surface area contributed by atoms with Crippen LogP contribution in [0.4, 0.5) is 4.79 Å². The first-order valence-electron chi connectivity index (χ1n) is 10.7. The van der Waals surface area contributed by atoms with Gasteiger partial charge in [-0.15, -0.1) is 10.2 Å². The van der Waals surface area contributed by atoms with Gasteiger partial charge in [-0.25, -0.2) is 4.79 Å². The number of hydrogen-bond acceptors (Lipinski definition) is 5. The lowest BCUT2D eigenvalue weighted by Gasteiger charge is -2.38. The molecule has 8 heteroatoms. The Hall–Kier alpha value is -3.68. The third-order valence-corrected chi connectivity index (χ3v) is 6.53. The third kappa shape index (κ3) is 3.32. The largest absolute Gasteiger partial charge is 0.481 e. The van der Waals surface area contributed by atoms with Crippen molar-refractivity contribution in [2.75, 3.05) is 13.2 Å². The van der Waals surface area contributed by atoms with E-state index in [0.29, 0.717) is 25.2 Å². The molecular weight excluding hydrogens is 408 g/mol. The van der Waals surface area contributed by atoms with E-state index >= 15 is 0 Å². The molecule has 2 unspecified atom stereocenters. The van der Waals surface area contributed by atoms with Gasteiger partial charge < -0.3 is 14.4 Å². The maximum absolute atomic E-state index is 13.2. The number of benzene rings is 2. The van der Waals surface area contributed by atoms with Crippen molar-refractivity contribution in [2.45, 2.75) is 24.8 Å². The molecule has 2 aromatic carbocycles. The van der Waals surface area contributed by atoms with Crippen molar-refractivity contribution < 1.29 is 19.4 Å².